The number of phenols is 1. The zero-order valence-corrected chi connectivity index (χ0v) is 19.3. The summed E-state index contributed by atoms with van der Waals surface area (Å²) in [4.78, 5) is 28.4. The van der Waals surface area contributed by atoms with E-state index in [-0.39, 0.29) is 23.7 Å². The van der Waals surface area contributed by atoms with Gasteiger partial charge in [0.2, 0.25) is 0 Å². The lowest BCUT2D eigenvalue weighted by molar-refractivity contribution is -0.124. The zero-order chi connectivity index (χ0) is 22.7. The Hall–Kier alpha value is -2.40. The van der Waals surface area contributed by atoms with Gasteiger partial charge < -0.3 is 10.4 Å². The fourth-order valence-electron chi connectivity index (χ4n) is 5.49. The Labute approximate surface area is 191 Å². The van der Waals surface area contributed by atoms with Crippen LogP contribution in [0.2, 0.25) is 0 Å². The molecule has 2 atom stereocenters. The van der Waals surface area contributed by atoms with Crippen LogP contribution < -0.4 is 5.32 Å². The summed E-state index contributed by atoms with van der Waals surface area (Å²) in [5, 5.41) is 15.4. The maximum atomic E-state index is 13.0. The topological polar surface area (TPSA) is 69.6 Å². The molecule has 0 bridgehead atoms. The number of carbonyl (C=O) groups excluding carboxylic acids is 2. The number of likely N-dealkylation sites (tertiary alicyclic amines) is 1. The number of Topliss-reactive ketones (excluding diaryl/α,β-unsaturated/α-hetero) is 1. The molecule has 0 unspecified atom stereocenters. The fraction of sp³-hybridized carbons (Fsp3) is 0.556. The van der Waals surface area contributed by atoms with Crippen molar-refractivity contribution in [1.82, 2.24) is 10.2 Å². The van der Waals surface area contributed by atoms with Gasteiger partial charge in [-0.3, -0.25) is 14.5 Å². The number of ketones is 1. The summed E-state index contributed by atoms with van der Waals surface area (Å²) >= 11 is 0. The minimum absolute atomic E-state index is 0.0186. The van der Waals surface area contributed by atoms with Gasteiger partial charge in [-0.15, -0.1) is 0 Å². The molecule has 1 amide bonds. The monoisotopic (exact) mass is 436 g/mol. The van der Waals surface area contributed by atoms with Crippen molar-refractivity contribution in [2.75, 3.05) is 13.1 Å². The smallest absolute Gasteiger partial charge is 0.255 e. The summed E-state index contributed by atoms with van der Waals surface area (Å²) in [5.74, 6) is 1.03. The molecule has 1 heterocycles. The van der Waals surface area contributed by atoms with Gasteiger partial charge in [0.15, 0.2) is 0 Å². The average molecular weight is 437 g/mol. The molecule has 2 fully saturated rings. The lowest BCUT2D eigenvalue weighted by Gasteiger charge is -2.30. The molecule has 32 heavy (non-hydrogen) atoms. The van der Waals surface area contributed by atoms with Crippen molar-refractivity contribution in [3.8, 4) is 5.75 Å². The highest BCUT2D eigenvalue weighted by molar-refractivity contribution is 6.03. The molecule has 2 aromatic rings. The van der Waals surface area contributed by atoms with Gasteiger partial charge in [0.1, 0.15) is 11.5 Å². The molecule has 0 aromatic heterocycles. The van der Waals surface area contributed by atoms with E-state index in [2.05, 4.69) is 24.1 Å². The summed E-state index contributed by atoms with van der Waals surface area (Å²) in [6.07, 6.45) is 7.60. The molecule has 2 N–H and O–H groups in total. The predicted molar refractivity (Wildman–Crippen MR) is 128 cm³/mol. The van der Waals surface area contributed by atoms with E-state index in [0.717, 1.165) is 11.9 Å². The van der Waals surface area contributed by atoms with Gasteiger partial charge in [0, 0.05) is 30.9 Å². The highest BCUT2D eigenvalue weighted by Crippen LogP contribution is 2.31. The van der Waals surface area contributed by atoms with Crippen LogP contribution in [0.5, 0.6) is 5.75 Å². The van der Waals surface area contributed by atoms with E-state index in [1.165, 1.54) is 32.1 Å². The minimum Gasteiger partial charge on any atom is -0.506 e. The van der Waals surface area contributed by atoms with E-state index in [9.17, 15) is 14.7 Å². The van der Waals surface area contributed by atoms with Crippen LogP contribution in [0.15, 0.2) is 36.4 Å². The van der Waals surface area contributed by atoms with Crippen molar-refractivity contribution < 1.29 is 14.7 Å². The Bertz CT molecular complexity index is 965. The van der Waals surface area contributed by atoms with Crippen LogP contribution in [0.3, 0.4) is 0 Å². The van der Waals surface area contributed by atoms with Crippen LogP contribution in [0.4, 0.5) is 0 Å². The third kappa shape index (κ3) is 5.15. The van der Waals surface area contributed by atoms with Crippen LogP contribution in [0.1, 0.15) is 69.2 Å². The predicted octanol–water partition coefficient (Wildman–Crippen LogP) is 4.91. The van der Waals surface area contributed by atoms with Crippen molar-refractivity contribution in [2.45, 2.75) is 70.9 Å². The van der Waals surface area contributed by atoms with E-state index >= 15 is 0 Å². The van der Waals surface area contributed by atoms with Crippen LogP contribution in [-0.4, -0.2) is 46.9 Å². The second-order valence-electron chi connectivity index (χ2n) is 10.1. The first kappa shape index (κ1) is 22.8. The van der Waals surface area contributed by atoms with Crippen LogP contribution in [0, 0.1) is 11.8 Å². The normalized spacial score (nSPS) is 22.5. The second-order valence-corrected chi connectivity index (χ2v) is 10.1. The minimum atomic E-state index is -0.271. The third-order valence-corrected chi connectivity index (χ3v) is 7.08. The van der Waals surface area contributed by atoms with Crippen molar-refractivity contribution in [3.63, 3.8) is 0 Å². The Balaban J connectivity index is 1.47. The van der Waals surface area contributed by atoms with E-state index in [1.54, 1.807) is 6.07 Å². The number of fused-ring (bicyclic) bond motifs is 1. The number of benzene rings is 2. The molecule has 1 aliphatic heterocycles. The molecule has 0 spiro atoms. The molecule has 172 valence electrons. The SMILES string of the molecule is CC(C)CC(=O)[C@@H]1C[C@H](NC(=O)c2ccc3ccccc3c2O)CN1CC1CCCCC1. The third-order valence-electron chi connectivity index (χ3n) is 7.08. The number of nitrogens with one attached hydrogen (secondary N) is 1. The maximum Gasteiger partial charge on any atom is 0.255 e. The van der Waals surface area contributed by atoms with Gasteiger partial charge in [0.25, 0.3) is 5.91 Å². The first-order chi connectivity index (χ1) is 15.4. The van der Waals surface area contributed by atoms with Crippen LogP contribution in [0.25, 0.3) is 10.8 Å². The van der Waals surface area contributed by atoms with Gasteiger partial charge in [0.05, 0.1) is 11.6 Å². The molecule has 5 nitrogen and oxygen atoms in total. The summed E-state index contributed by atoms with van der Waals surface area (Å²) in [6, 6.07) is 10.9. The first-order valence-corrected chi connectivity index (χ1v) is 12.2. The molecule has 5 heteroatoms. The molecular weight excluding hydrogens is 400 g/mol. The number of rotatable bonds is 7. The number of carbonyl (C=O) groups is 2. The van der Waals surface area contributed by atoms with Gasteiger partial charge >= 0.3 is 0 Å². The Morgan fingerprint density at radius 3 is 2.59 bits per heavy atom. The molecule has 1 aliphatic carbocycles. The number of aromatic hydroxyl groups is 1. The lowest BCUT2D eigenvalue weighted by Crippen LogP contribution is -2.41. The van der Waals surface area contributed by atoms with E-state index < -0.39 is 0 Å². The van der Waals surface area contributed by atoms with Crippen molar-refractivity contribution in [3.05, 3.63) is 42.0 Å². The molecule has 0 radical (unpaired) electrons. The Morgan fingerprint density at radius 2 is 1.84 bits per heavy atom. The summed E-state index contributed by atoms with van der Waals surface area (Å²) < 4.78 is 0. The highest BCUT2D eigenvalue weighted by Gasteiger charge is 2.38. The highest BCUT2D eigenvalue weighted by atomic mass is 16.3. The first-order valence-electron chi connectivity index (χ1n) is 12.2. The molecular formula is C27H36N2O3. The fourth-order valence-corrected chi connectivity index (χ4v) is 5.49. The van der Waals surface area contributed by atoms with Gasteiger partial charge in [-0.1, -0.05) is 63.4 Å². The molecule has 2 aromatic carbocycles. The number of amides is 1. The lowest BCUT2D eigenvalue weighted by atomic mass is 9.88. The molecule has 2 aliphatic rings. The standard InChI is InChI=1S/C27H36N2O3/c1-18(2)14-25(30)24-15-21(17-29(24)16-19-8-4-3-5-9-19)28-27(32)23-13-12-20-10-6-7-11-22(20)26(23)31/h6-7,10-13,18-19,21,24,31H,3-5,8-9,14-17H2,1-2H3,(H,28,32)/t21-,24-/m0/s1. The molecule has 1 saturated carbocycles. The summed E-state index contributed by atoms with van der Waals surface area (Å²) in [7, 11) is 0. The Morgan fingerprint density at radius 1 is 1.09 bits per heavy atom. The van der Waals surface area contributed by atoms with Gasteiger partial charge in [-0.05, 0) is 42.6 Å². The van der Waals surface area contributed by atoms with Crippen LogP contribution in [-0.2, 0) is 4.79 Å². The van der Waals surface area contributed by atoms with Crippen molar-refractivity contribution in [2.24, 2.45) is 11.8 Å². The zero-order valence-electron chi connectivity index (χ0n) is 19.3. The van der Waals surface area contributed by atoms with Crippen molar-refractivity contribution in [1.29, 1.82) is 0 Å². The number of hydrogen-bond acceptors (Lipinski definition) is 4. The van der Waals surface area contributed by atoms with Gasteiger partial charge in [-0.25, -0.2) is 0 Å². The average Bonchev–Trinajstić information content (AvgIpc) is 3.16. The van der Waals surface area contributed by atoms with Crippen molar-refractivity contribution >= 4 is 22.5 Å². The number of phenolic OH excluding ortho intramolecular Hbond substituents is 1. The van der Waals surface area contributed by atoms with E-state index in [0.29, 0.717) is 48.0 Å². The Kier molecular flexibility index (Phi) is 7.14. The summed E-state index contributed by atoms with van der Waals surface area (Å²) in [6.45, 7) is 5.81. The quantitative estimate of drug-likeness (QED) is 0.647. The number of hydrogen-bond donors (Lipinski definition) is 2. The largest absolute Gasteiger partial charge is 0.506 e. The van der Waals surface area contributed by atoms with Gasteiger partial charge in [-0.2, -0.15) is 0 Å². The second kappa shape index (κ2) is 10.0. The molecule has 4 rings (SSSR count). The summed E-state index contributed by atoms with van der Waals surface area (Å²) in [5.41, 5.74) is 0.291. The van der Waals surface area contributed by atoms with Crippen LogP contribution >= 0.6 is 0 Å². The number of nitrogens with zero attached hydrogens (tertiary/aromatic N) is 1. The maximum absolute atomic E-state index is 13.0. The van der Waals surface area contributed by atoms with E-state index in [1.807, 2.05) is 30.3 Å². The van der Waals surface area contributed by atoms with E-state index in [4.69, 9.17) is 0 Å². The molecule has 1 saturated heterocycles.